The highest BCUT2D eigenvalue weighted by Crippen LogP contribution is 2.38. The largest absolute Gasteiger partial charge is 0.497 e. The first-order chi connectivity index (χ1) is 12.7. The number of aromatic nitrogens is 2. The van der Waals surface area contributed by atoms with Crippen LogP contribution in [-0.4, -0.2) is 22.8 Å². The van der Waals surface area contributed by atoms with Crippen molar-refractivity contribution in [1.82, 2.24) is 15.1 Å². The molecular weight excluding hydrogens is 330 g/mol. The number of rotatable bonds is 4. The standard InChI is InChI=1S/C20H19N3O3/c1-23-19-15-5-3-4-6-17(15)26-12-16(19)18(22-23)20(24)21-11-13-7-9-14(25-2)10-8-13/h3-10H,11-12H2,1-2H3,(H,21,24). The molecule has 0 saturated heterocycles. The van der Waals surface area contributed by atoms with E-state index in [4.69, 9.17) is 9.47 Å². The number of carbonyl (C=O) groups is 1. The van der Waals surface area contributed by atoms with Crippen LogP contribution in [0.4, 0.5) is 0 Å². The molecule has 0 spiro atoms. The van der Waals surface area contributed by atoms with Crippen molar-refractivity contribution in [2.75, 3.05) is 7.11 Å². The van der Waals surface area contributed by atoms with E-state index >= 15 is 0 Å². The molecule has 6 heteroatoms. The topological polar surface area (TPSA) is 65.4 Å². The first kappa shape index (κ1) is 16.2. The van der Waals surface area contributed by atoms with E-state index in [2.05, 4.69) is 10.4 Å². The molecule has 0 radical (unpaired) electrons. The molecule has 1 aromatic heterocycles. The van der Waals surface area contributed by atoms with Gasteiger partial charge in [0.2, 0.25) is 0 Å². The quantitative estimate of drug-likeness (QED) is 0.786. The summed E-state index contributed by atoms with van der Waals surface area (Å²) in [6, 6.07) is 15.4. The van der Waals surface area contributed by atoms with Crippen molar-refractivity contribution in [2.24, 2.45) is 7.05 Å². The average molecular weight is 349 g/mol. The van der Waals surface area contributed by atoms with E-state index in [9.17, 15) is 4.79 Å². The van der Waals surface area contributed by atoms with E-state index in [-0.39, 0.29) is 5.91 Å². The fraction of sp³-hybridized carbons (Fsp3) is 0.200. The lowest BCUT2D eigenvalue weighted by Gasteiger charge is -2.18. The molecule has 1 N–H and O–H groups in total. The lowest BCUT2D eigenvalue weighted by molar-refractivity contribution is 0.0942. The summed E-state index contributed by atoms with van der Waals surface area (Å²) >= 11 is 0. The van der Waals surface area contributed by atoms with Gasteiger partial charge in [0, 0.05) is 24.7 Å². The SMILES string of the molecule is COc1ccc(CNC(=O)c2nn(C)c3c2COc2ccccc2-3)cc1. The predicted molar refractivity (Wildman–Crippen MR) is 97.1 cm³/mol. The minimum Gasteiger partial charge on any atom is -0.497 e. The number of para-hydroxylation sites is 1. The van der Waals surface area contributed by atoms with Crippen LogP contribution in [0.1, 0.15) is 21.6 Å². The van der Waals surface area contributed by atoms with Crippen LogP contribution in [0.25, 0.3) is 11.3 Å². The van der Waals surface area contributed by atoms with E-state index < -0.39 is 0 Å². The van der Waals surface area contributed by atoms with E-state index in [1.165, 1.54) is 0 Å². The fourth-order valence-electron chi connectivity index (χ4n) is 3.17. The van der Waals surface area contributed by atoms with Gasteiger partial charge < -0.3 is 14.8 Å². The van der Waals surface area contributed by atoms with Gasteiger partial charge in [-0.25, -0.2) is 0 Å². The summed E-state index contributed by atoms with van der Waals surface area (Å²) in [5.41, 5.74) is 4.11. The Morgan fingerprint density at radius 3 is 2.77 bits per heavy atom. The third-order valence-electron chi connectivity index (χ3n) is 4.49. The second kappa shape index (κ2) is 6.55. The van der Waals surface area contributed by atoms with Gasteiger partial charge >= 0.3 is 0 Å². The minimum atomic E-state index is -0.208. The molecule has 132 valence electrons. The predicted octanol–water partition coefficient (Wildman–Crippen LogP) is 2.92. The van der Waals surface area contributed by atoms with Crippen LogP contribution in [0.5, 0.6) is 11.5 Å². The Morgan fingerprint density at radius 2 is 2.00 bits per heavy atom. The molecule has 1 amide bonds. The van der Waals surface area contributed by atoms with Crippen LogP contribution in [0.15, 0.2) is 48.5 Å². The zero-order valence-electron chi connectivity index (χ0n) is 14.7. The van der Waals surface area contributed by atoms with Gasteiger partial charge in [0.15, 0.2) is 5.69 Å². The number of nitrogens with one attached hydrogen (secondary N) is 1. The Balaban J connectivity index is 1.56. The maximum atomic E-state index is 12.7. The number of hydrogen-bond acceptors (Lipinski definition) is 4. The Morgan fingerprint density at radius 1 is 1.23 bits per heavy atom. The number of amides is 1. The molecule has 1 aliphatic heterocycles. The first-order valence-electron chi connectivity index (χ1n) is 8.36. The smallest absolute Gasteiger partial charge is 0.272 e. The van der Waals surface area contributed by atoms with Gasteiger partial charge in [0.05, 0.1) is 12.8 Å². The summed E-state index contributed by atoms with van der Waals surface area (Å²) in [4.78, 5) is 12.7. The second-order valence-electron chi connectivity index (χ2n) is 6.11. The van der Waals surface area contributed by atoms with Crippen molar-refractivity contribution in [3.63, 3.8) is 0 Å². The van der Waals surface area contributed by atoms with Crippen LogP contribution in [0.2, 0.25) is 0 Å². The summed E-state index contributed by atoms with van der Waals surface area (Å²) in [5, 5.41) is 7.36. The zero-order valence-corrected chi connectivity index (χ0v) is 14.7. The van der Waals surface area contributed by atoms with Crippen molar-refractivity contribution in [2.45, 2.75) is 13.2 Å². The monoisotopic (exact) mass is 349 g/mol. The first-order valence-corrected chi connectivity index (χ1v) is 8.36. The second-order valence-corrected chi connectivity index (χ2v) is 6.11. The molecule has 0 bridgehead atoms. The van der Waals surface area contributed by atoms with Crippen LogP contribution >= 0.6 is 0 Å². The Hall–Kier alpha value is -3.28. The Kier molecular flexibility index (Phi) is 4.08. The average Bonchev–Trinajstić information content (AvgIpc) is 3.03. The zero-order chi connectivity index (χ0) is 18.1. The molecule has 2 heterocycles. The van der Waals surface area contributed by atoms with Crippen molar-refractivity contribution in [3.05, 3.63) is 65.4 Å². The number of hydrogen-bond donors (Lipinski definition) is 1. The summed E-state index contributed by atoms with van der Waals surface area (Å²) < 4.78 is 12.7. The minimum absolute atomic E-state index is 0.208. The number of ether oxygens (including phenoxy) is 2. The molecule has 6 nitrogen and oxygen atoms in total. The fourth-order valence-corrected chi connectivity index (χ4v) is 3.17. The van der Waals surface area contributed by atoms with Crippen molar-refractivity contribution >= 4 is 5.91 Å². The Labute approximate surface area is 151 Å². The van der Waals surface area contributed by atoms with E-state index in [1.807, 2.05) is 55.6 Å². The highest BCUT2D eigenvalue weighted by molar-refractivity contribution is 5.96. The highest BCUT2D eigenvalue weighted by atomic mass is 16.5. The highest BCUT2D eigenvalue weighted by Gasteiger charge is 2.27. The molecule has 3 aromatic rings. The molecule has 0 aliphatic carbocycles. The van der Waals surface area contributed by atoms with Crippen molar-refractivity contribution in [1.29, 1.82) is 0 Å². The van der Waals surface area contributed by atoms with Crippen LogP contribution < -0.4 is 14.8 Å². The lowest BCUT2D eigenvalue weighted by atomic mass is 10.0. The number of aryl methyl sites for hydroxylation is 1. The number of carbonyl (C=O) groups excluding carboxylic acids is 1. The number of benzene rings is 2. The summed E-state index contributed by atoms with van der Waals surface area (Å²) in [7, 11) is 3.47. The maximum Gasteiger partial charge on any atom is 0.272 e. The third-order valence-corrected chi connectivity index (χ3v) is 4.49. The number of methoxy groups -OCH3 is 1. The molecule has 0 unspecified atom stereocenters. The van der Waals surface area contributed by atoms with Crippen molar-refractivity contribution in [3.8, 4) is 22.8 Å². The number of nitrogens with zero attached hydrogens (tertiary/aromatic N) is 2. The molecule has 26 heavy (non-hydrogen) atoms. The van der Waals surface area contributed by atoms with Gasteiger partial charge in [0.25, 0.3) is 5.91 Å². The van der Waals surface area contributed by atoms with Gasteiger partial charge in [-0.15, -0.1) is 0 Å². The molecular formula is C20H19N3O3. The van der Waals surface area contributed by atoms with Crippen LogP contribution in [0.3, 0.4) is 0 Å². The molecule has 1 aliphatic rings. The van der Waals surface area contributed by atoms with Gasteiger partial charge in [-0.1, -0.05) is 24.3 Å². The van der Waals surface area contributed by atoms with E-state index in [1.54, 1.807) is 11.8 Å². The summed E-state index contributed by atoms with van der Waals surface area (Å²) in [6.07, 6.45) is 0. The Bertz CT molecular complexity index is 961. The molecule has 4 rings (SSSR count). The molecule has 2 aromatic carbocycles. The summed E-state index contributed by atoms with van der Waals surface area (Å²) in [5.74, 6) is 1.39. The molecule has 0 fully saturated rings. The van der Waals surface area contributed by atoms with E-state index in [0.717, 1.165) is 33.9 Å². The molecule has 0 atom stereocenters. The maximum absolute atomic E-state index is 12.7. The van der Waals surface area contributed by atoms with E-state index in [0.29, 0.717) is 18.8 Å². The van der Waals surface area contributed by atoms with Crippen LogP contribution in [-0.2, 0) is 20.2 Å². The van der Waals surface area contributed by atoms with Crippen LogP contribution in [0, 0.1) is 0 Å². The normalized spacial score (nSPS) is 11.9. The van der Waals surface area contributed by atoms with Gasteiger partial charge in [0.1, 0.15) is 18.1 Å². The number of fused-ring (bicyclic) bond motifs is 3. The van der Waals surface area contributed by atoms with Crippen molar-refractivity contribution < 1.29 is 14.3 Å². The van der Waals surface area contributed by atoms with Gasteiger partial charge in [-0.05, 0) is 29.8 Å². The molecule has 0 saturated carbocycles. The van der Waals surface area contributed by atoms with Gasteiger partial charge in [-0.2, -0.15) is 5.10 Å². The third kappa shape index (κ3) is 2.79. The summed E-state index contributed by atoms with van der Waals surface area (Å²) in [6.45, 7) is 0.761. The van der Waals surface area contributed by atoms with Gasteiger partial charge in [-0.3, -0.25) is 9.48 Å². The lowest BCUT2D eigenvalue weighted by Crippen LogP contribution is -2.25.